The lowest BCUT2D eigenvalue weighted by Gasteiger charge is -2.07. The summed E-state index contributed by atoms with van der Waals surface area (Å²) in [6, 6.07) is 4.12. The van der Waals surface area contributed by atoms with Crippen LogP contribution in [0.2, 0.25) is 0 Å². The van der Waals surface area contributed by atoms with Gasteiger partial charge in [0.1, 0.15) is 5.82 Å². The van der Waals surface area contributed by atoms with E-state index in [9.17, 15) is 9.18 Å². The summed E-state index contributed by atoms with van der Waals surface area (Å²) < 4.78 is 15.0. The fraction of sp³-hybridized carbons (Fsp3) is 0.333. The number of nitrogens with zero attached hydrogens (tertiary/aromatic N) is 2. The Morgan fingerprint density at radius 2 is 2.24 bits per heavy atom. The zero-order chi connectivity index (χ0) is 15.2. The Hall–Kier alpha value is -2.37. The second-order valence-electron chi connectivity index (χ2n) is 4.88. The number of aryl methyl sites for hydroxylation is 2. The first-order chi connectivity index (χ1) is 10.1. The van der Waals surface area contributed by atoms with Crippen LogP contribution in [0.5, 0.6) is 0 Å². The van der Waals surface area contributed by atoms with Crippen LogP contribution in [0, 0.1) is 12.7 Å². The average Bonchev–Trinajstić information content (AvgIpc) is 2.89. The Balaban J connectivity index is 1.85. The maximum atomic E-state index is 13.1. The first kappa shape index (κ1) is 15.0. The number of carbonyl (C=O) groups is 1. The summed E-state index contributed by atoms with van der Waals surface area (Å²) in [5, 5.41) is 9.60. The van der Waals surface area contributed by atoms with Crippen molar-refractivity contribution < 1.29 is 9.18 Å². The van der Waals surface area contributed by atoms with Crippen LogP contribution in [0.25, 0.3) is 0 Å². The smallest absolute Gasteiger partial charge is 0.319 e. The van der Waals surface area contributed by atoms with E-state index in [2.05, 4.69) is 22.7 Å². The van der Waals surface area contributed by atoms with Gasteiger partial charge in [0, 0.05) is 30.5 Å². The molecule has 0 aliphatic rings. The van der Waals surface area contributed by atoms with Crippen LogP contribution in [0.1, 0.15) is 24.5 Å². The van der Waals surface area contributed by atoms with Gasteiger partial charge < -0.3 is 10.6 Å². The number of amides is 2. The van der Waals surface area contributed by atoms with Gasteiger partial charge in [0.2, 0.25) is 0 Å². The van der Waals surface area contributed by atoms with Crippen LogP contribution in [0.15, 0.2) is 30.6 Å². The normalized spacial score (nSPS) is 10.4. The fourth-order valence-corrected chi connectivity index (χ4v) is 1.93. The van der Waals surface area contributed by atoms with Crippen molar-refractivity contribution in [2.75, 3.05) is 5.32 Å². The van der Waals surface area contributed by atoms with Crippen LogP contribution in [0.3, 0.4) is 0 Å². The third-order valence-electron chi connectivity index (χ3n) is 3.01. The molecule has 0 atom stereocenters. The molecule has 0 saturated heterocycles. The quantitative estimate of drug-likeness (QED) is 0.889. The molecule has 1 heterocycles. The van der Waals surface area contributed by atoms with E-state index in [1.807, 2.05) is 10.9 Å². The van der Waals surface area contributed by atoms with E-state index in [1.54, 1.807) is 19.2 Å². The maximum absolute atomic E-state index is 13.1. The number of aromatic nitrogens is 2. The van der Waals surface area contributed by atoms with Gasteiger partial charge in [-0.25, -0.2) is 9.18 Å². The number of nitrogens with one attached hydrogen (secondary N) is 2. The summed E-state index contributed by atoms with van der Waals surface area (Å²) in [7, 11) is 0. The molecule has 0 aliphatic carbocycles. The van der Waals surface area contributed by atoms with Crippen LogP contribution < -0.4 is 10.6 Å². The van der Waals surface area contributed by atoms with E-state index in [4.69, 9.17) is 0 Å². The molecule has 0 aliphatic heterocycles. The fourth-order valence-electron chi connectivity index (χ4n) is 1.93. The predicted octanol–water partition coefficient (Wildman–Crippen LogP) is 3.06. The highest BCUT2D eigenvalue weighted by atomic mass is 19.1. The molecule has 2 N–H and O–H groups in total. The molecular formula is C15H19FN4O. The summed E-state index contributed by atoms with van der Waals surface area (Å²) in [6.07, 6.45) is 4.66. The van der Waals surface area contributed by atoms with Crippen molar-refractivity contribution in [2.45, 2.75) is 33.4 Å². The van der Waals surface area contributed by atoms with Gasteiger partial charge >= 0.3 is 6.03 Å². The number of carbonyl (C=O) groups excluding carboxylic acids is 1. The molecule has 1 aromatic carbocycles. The number of halogens is 1. The second-order valence-corrected chi connectivity index (χ2v) is 4.88. The first-order valence-electron chi connectivity index (χ1n) is 6.91. The van der Waals surface area contributed by atoms with E-state index in [0.717, 1.165) is 18.5 Å². The molecule has 2 aromatic rings. The minimum atomic E-state index is -0.329. The van der Waals surface area contributed by atoms with Crippen molar-refractivity contribution >= 4 is 11.7 Å². The summed E-state index contributed by atoms with van der Waals surface area (Å²) in [5.74, 6) is -0.288. The van der Waals surface area contributed by atoms with E-state index in [-0.39, 0.29) is 11.8 Å². The number of hydrogen-bond donors (Lipinski definition) is 2. The zero-order valence-corrected chi connectivity index (χ0v) is 12.2. The van der Waals surface area contributed by atoms with E-state index in [1.165, 1.54) is 12.1 Å². The van der Waals surface area contributed by atoms with Gasteiger partial charge in [0.25, 0.3) is 0 Å². The molecule has 1 aromatic heterocycles. The molecule has 2 rings (SSSR count). The summed E-state index contributed by atoms with van der Waals surface area (Å²) in [4.78, 5) is 11.8. The lowest BCUT2D eigenvalue weighted by atomic mass is 10.2. The van der Waals surface area contributed by atoms with E-state index in [0.29, 0.717) is 17.8 Å². The second kappa shape index (κ2) is 6.88. The van der Waals surface area contributed by atoms with Crippen LogP contribution >= 0.6 is 0 Å². The molecule has 5 nitrogen and oxygen atoms in total. The standard InChI is InChI=1S/C15H19FN4O/c1-3-6-20-10-12(9-18-20)8-17-15(21)19-13-4-5-14(16)11(2)7-13/h4-5,7,9-10H,3,6,8H2,1-2H3,(H2,17,19,21). The Morgan fingerprint density at radius 3 is 2.95 bits per heavy atom. The highest BCUT2D eigenvalue weighted by Crippen LogP contribution is 2.13. The van der Waals surface area contributed by atoms with Crippen LogP contribution in [0.4, 0.5) is 14.9 Å². The van der Waals surface area contributed by atoms with Crippen molar-refractivity contribution in [1.29, 1.82) is 0 Å². The number of urea groups is 1. The highest BCUT2D eigenvalue weighted by Gasteiger charge is 2.05. The highest BCUT2D eigenvalue weighted by molar-refractivity contribution is 5.89. The Labute approximate surface area is 123 Å². The number of benzene rings is 1. The molecule has 0 bridgehead atoms. The molecule has 0 fully saturated rings. The topological polar surface area (TPSA) is 59.0 Å². The van der Waals surface area contributed by atoms with Crippen molar-refractivity contribution in [3.8, 4) is 0 Å². The molecular weight excluding hydrogens is 271 g/mol. The van der Waals surface area contributed by atoms with Gasteiger partial charge in [-0.05, 0) is 37.1 Å². The van der Waals surface area contributed by atoms with Crippen molar-refractivity contribution in [2.24, 2.45) is 0 Å². The minimum Gasteiger partial charge on any atom is -0.334 e. The van der Waals surface area contributed by atoms with Gasteiger partial charge in [0.15, 0.2) is 0 Å². The van der Waals surface area contributed by atoms with Gasteiger partial charge in [-0.2, -0.15) is 5.10 Å². The largest absolute Gasteiger partial charge is 0.334 e. The van der Waals surface area contributed by atoms with Crippen LogP contribution in [-0.2, 0) is 13.1 Å². The molecule has 0 unspecified atom stereocenters. The number of anilines is 1. The molecule has 0 radical (unpaired) electrons. The average molecular weight is 290 g/mol. The summed E-state index contributed by atoms with van der Waals surface area (Å²) in [5.41, 5.74) is 2.00. The molecule has 112 valence electrons. The SMILES string of the molecule is CCCn1cc(CNC(=O)Nc2ccc(F)c(C)c2)cn1. The maximum Gasteiger partial charge on any atom is 0.319 e. The molecule has 2 amide bonds. The minimum absolute atomic E-state index is 0.288. The van der Waals surface area contributed by atoms with E-state index >= 15 is 0 Å². The monoisotopic (exact) mass is 290 g/mol. The number of hydrogen-bond acceptors (Lipinski definition) is 2. The summed E-state index contributed by atoms with van der Waals surface area (Å²) >= 11 is 0. The van der Waals surface area contributed by atoms with Crippen molar-refractivity contribution in [1.82, 2.24) is 15.1 Å². The lowest BCUT2D eigenvalue weighted by molar-refractivity contribution is 0.251. The number of rotatable bonds is 5. The Morgan fingerprint density at radius 1 is 1.43 bits per heavy atom. The summed E-state index contributed by atoms with van der Waals surface area (Å²) in [6.45, 7) is 5.00. The molecule has 0 saturated carbocycles. The van der Waals surface area contributed by atoms with Crippen molar-refractivity contribution in [3.05, 3.63) is 47.5 Å². The molecule has 6 heteroatoms. The Kier molecular flexibility index (Phi) is 4.92. The van der Waals surface area contributed by atoms with Gasteiger partial charge in [-0.15, -0.1) is 0 Å². The molecule has 21 heavy (non-hydrogen) atoms. The van der Waals surface area contributed by atoms with Gasteiger partial charge in [0.05, 0.1) is 6.20 Å². The van der Waals surface area contributed by atoms with Gasteiger partial charge in [-0.3, -0.25) is 4.68 Å². The van der Waals surface area contributed by atoms with E-state index < -0.39 is 0 Å². The predicted molar refractivity (Wildman–Crippen MR) is 79.5 cm³/mol. The van der Waals surface area contributed by atoms with Crippen LogP contribution in [-0.4, -0.2) is 15.8 Å². The van der Waals surface area contributed by atoms with Gasteiger partial charge in [-0.1, -0.05) is 6.92 Å². The molecule has 0 spiro atoms. The first-order valence-corrected chi connectivity index (χ1v) is 6.91. The third-order valence-corrected chi connectivity index (χ3v) is 3.01. The Bertz CT molecular complexity index is 624. The lowest BCUT2D eigenvalue weighted by Crippen LogP contribution is -2.28. The van der Waals surface area contributed by atoms with Crippen molar-refractivity contribution in [3.63, 3.8) is 0 Å². The zero-order valence-electron chi connectivity index (χ0n) is 12.2. The third kappa shape index (κ3) is 4.30.